The zero-order chi connectivity index (χ0) is 18.9. The van der Waals surface area contributed by atoms with Crippen LogP contribution in [0.5, 0.6) is 0 Å². The SMILES string of the molecule is CCCCCCCCOC=Nc1sc(CCCCCCCC)cc1C=O. The van der Waals surface area contributed by atoms with Crippen molar-refractivity contribution in [3.05, 3.63) is 16.5 Å². The molecule has 0 aliphatic carbocycles. The van der Waals surface area contributed by atoms with E-state index in [1.165, 1.54) is 81.9 Å². The fraction of sp³-hybridized carbons (Fsp3) is 0.727. The third kappa shape index (κ3) is 10.7. The number of unbranched alkanes of at least 4 members (excludes halogenated alkanes) is 10. The van der Waals surface area contributed by atoms with Gasteiger partial charge >= 0.3 is 0 Å². The average molecular weight is 380 g/mol. The molecule has 1 aromatic rings. The fourth-order valence-corrected chi connectivity index (χ4v) is 3.94. The van der Waals surface area contributed by atoms with E-state index in [0.29, 0.717) is 12.2 Å². The van der Waals surface area contributed by atoms with Crippen LogP contribution in [0.15, 0.2) is 11.1 Å². The van der Waals surface area contributed by atoms with Gasteiger partial charge in [-0.3, -0.25) is 4.79 Å². The van der Waals surface area contributed by atoms with Gasteiger partial charge in [0.05, 0.1) is 12.2 Å². The Bertz CT molecular complexity index is 496. The van der Waals surface area contributed by atoms with E-state index < -0.39 is 0 Å². The quantitative estimate of drug-likeness (QED) is 0.122. The van der Waals surface area contributed by atoms with Gasteiger partial charge in [-0.1, -0.05) is 78.1 Å². The summed E-state index contributed by atoms with van der Waals surface area (Å²) in [5, 5.41) is 0.781. The molecule has 0 saturated carbocycles. The van der Waals surface area contributed by atoms with Gasteiger partial charge in [-0.05, 0) is 25.3 Å². The monoisotopic (exact) mass is 379 g/mol. The summed E-state index contributed by atoms with van der Waals surface area (Å²) in [4.78, 5) is 16.9. The molecule has 1 rings (SSSR count). The molecule has 0 unspecified atom stereocenters. The van der Waals surface area contributed by atoms with E-state index >= 15 is 0 Å². The molecule has 0 saturated heterocycles. The second kappa shape index (κ2) is 16.0. The van der Waals surface area contributed by atoms with Crippen LogP contribution in [0.1, 0.15) is 106 Å². The Morgan fingerprint density at radius 1 is 0.923 bits per heavy atom. The number of aryl methyl sites for hydroxylation is 1. The Kier molecular flexibility index (Phi) is 14.1. The molecule has 0 aliphatic rings. The maximum absolute atomic E-state index is 11.2. The number of carbonyl (C=O) groups excluding carboxylic acids is 1. The largest absolute Gasteiger partial charge is 0.483 e. The Morgan fingerprint density at radius 2 is 1.54 bits per heavy atom. The molecular formula is C22H37NO2S. The summed E-state index contributed by atoms with van der Waals surface area (Å²) in [5.41, 5.74) is 0.690. The van der Waals surface area contributed by atoms with Crippen molar-refractivity contribution >= 4 is 29.0 Å². The molecular weight excluding hydrogens is 342 g/mol. The summed E-state index contributed by atoms with van der Waals surface area (Å²) in [6.45, 7) is 5.19. The van der Waals surface area contributed by atoms with E-state index in [1.54, 1.807) is 11.3 Å². The van der Waals surface area contributed by atoms with Crippen LogP contribution in [-0.2, 0) is 11.2 Å². The number of hydrogen-bond acceptors (Lipinski definition) is 4. The first kappa shape index (κ1) is 22.9. The lowest BCUT2D eigenvalue weighted by Crippen LogP contribution is -1.91. The minimum atomic E-state index is 0.690. The molecule has 0 atom stereocenters. The number of carbonyl (C=O) groups is 1. The highest BCUT2D eigenvalue weighted by Gasteiger charge is 2.07. The third-order valence-electron chi connectivity index (χ3n) is 4.56. The topological polar surface area (TPSA) is 38.7 Å². The molecule has 0 aliphatic heterocycles. The smallest absolute Gasteiger partial charge is 0.175 e. The van der Waals surface area contributed by atoms with Crippen LogP contribution in [0.4, 0.5) is 5.00 Å². The van der Waals surface area contributed by atoms with Crippen LogP contribution in [0.3, 0.4) is 0 Å². The first-order valence-corrected chi connectivity index (χ1v) is 11.4. The molecule has 0 radical (unpaired) electrons. The number of nitrogens with zero attached hydrogens (tertiary/aromatic N) is 1. The molecule has 0 fully saturated rings. The fourth-order valence-electron chi connectivity index (χ4n) is 2.94. The summed E-state index contributed by atoms with van der Waals surface area (Å²) < 4.78 is 5.49. The van der Waals surface area contributed by atoms with Gasteiger partial charge < -0.3 is 4.74 Å². The number of ether oxygens (including phenoxy) is 1. The molecule has 0 aromatic carbocycles. The number of aldehydes is 1. The van der Waals surface area contributed by atoms with Crippen LogP contribution in [0, 0.1) is 0 Å². The first-order valence-electron chi connectivity index (χ1n) is 10.5. The average Bonchev–Trinajstić information content (AvgIpc) is 3.05. The van der Waals surface area contributed by atoms with Crippen LogP contribution in [0.2, 0.25) is 0 Å². The van der Waals surface area contributed by atoms with Crippen molar-refractivity contribution in [2.24, 2.45) is 4.99 Å². The van der Waals surface area contributed by atoms with Crippen molar-refractivity contribution in [1.82, 2.24) is 0 Å². The molecule has 1 aromatic heterocycles. The van der Waals surface area contributed by atoms with Gasteiger partial charge in [0.2, 0.25) is 0 Å². The summed E-state index contributed by atoms with van der Waals surface area (Å²) in [5.74, 6) is 0. The molecule has 26 heavy (non-hydrogen) atoms. The van der Waals surface area contributed by atoms with Gasteiger partial charge in [0.15, 0.2) is 12.7 Å². The Hall–Kier alpha value is -1.16. The number of hydrogen-bond donors (Lipinski definition) is 0. The standard InChI is InChI=1S/C22H37NO2S/c1-3-5-7-9-11-13-15-21-17-20(18-24)22(26-21)23-19-25-16-14-12-10-8-6-4-2/h17-19H,3-16H2,1-2H3. The Morgan fingerprint density at radius 3 is 2.19 bits per heavy atom. The van der Waals surface area contributed by atoms with Crippen LogP contribution in [0.25, 0.3) is 0 Å². The minimum Gasteiger partial charge on any atom is -0.483 e. The number of aliphatic imine (C=N–C) groups is 1. The predicted octanol–water partition coefficient (Wildman–Crippen LogP) is 7.50. The highest BCUT2D eigenvalue weighted by Crippen LogP contribution is 2.30. The molecule has 1 heterocycles. The van der Waals surface area contributed by atoms with E-state index in [4.69, 9.17) is 4.74 Å². The Labute approximate surface area is 164 Å². The van der Waals surface area contributed by atoms with Crippen molar-refractivity contribution in [2.45, 2.75) is 97.3 Å². The maximum Gasteiger partial charge on any atom is 0.175 e. The zero-order valence-electron chi connectivity index (χ0n) is 16.8. The van der Waals surface area contributed by atoms with Crippen LogP contribution in [-0.4, -0.2) is 19.3 Å². The first-order chi connectivity index (χ1) is 12.8. The molecule has 0 N–H and O–H groups in total. The highest BCUT2D eigenvalue weighted by atomic mass is 32.1. The Balaban J connectivity index is 2.24. The van der Waals surface area contributed by atoms with E-state index in [0.717, 1.165) is 24.1 Å². The minimum absolute atomic E-state index is 0.690. The second-order valence-electron chi connectivity index (χ2n) is 6.98. The van der Waals surface area contributed by atoms with Gasteiger partial charge in [-0.25, -0.2) is 4.99 Å². The summed E-state index contributed by atoms with van der Waals surface area (Å²) in [7, 11) is 0. The van der Waals surface area contributed by atoms with Gasteiger partial charge in [0.1, 0.15) is 5.00 Å². The van der Waals surface area contributed by atoms with Gasteiger partial charge in [-0.15, -0.1) is 11.3 Å². The third-order valence-corrected chi connectivity index (χ3v) is 5.67. The van der Waals surface area contributed by atoms with Crippen LogP contribution >= 0.6 is 11.3 Å². The van der Waals surface area contributed by atoms with Crippen LogP contribution < -0.4 is 0 Å². The number of thiophene rings is 1. The lowest BCUT2D eigenvalue weighted by molar-refractivity contribution is 0.112. The predicted molar refractivity (Wildman–Crippen MR) is 114 cm³/mol. The number of rotatable bonds is 17. The molecule has 148 valence electrons. The van der Waals surface area contributed by atoms with E-state index in [-0.39, 0.29) is 0 Å². The van der Waals surface area contributed by atoms with Gasteiger partial charge in [0, 0.05) is 4.88 Å². The lowest BCUT2D eigenvalue weighted by atomic mass is 10.1. The summed E-state index contributed by atoms with van der Waals surface area (Å²) in [6.07, 6.45) is 18.7. The van der Waals surface area contributed by atoms with Crippen molar-refractivity contribution in [3.63, 3.8) is 0 Å². The molecule has 3 nitrogen and oxygen atoms in total. The zero-order valence-corrected chi connectivity index (χ0v) is 17.6. The van der Waals surface area contributed by atoms with Crippen molar-refractivity contribution < 1.29 is 9.53 Å². The van der Waals surface area contributed by atoms with Crippen molar-refractivity contribution in [2.75, 3.05) is 6.61 Å². The maximum atomic E-state index is 11.2. The van der Waals surface area contributed by atoms with Crippen molar-refractivity contribution in [1.29, 1.82) is 0 Å². The van der Waals surface area contributed by atoms with Gasteiger partial charge in [-0.2, -0.15) is 0 Å². The normalized spacial score (nSPS) is 11.3. The molecule has 0 bridgehead atoms. The summed E-state index contributed by atoms with van der Waals surface area (Å²) >= 11 is 1.62. The summed E-state index contributed by atoms with van der Waals surface area (Å²) in [6, 6.07) is 1.99. The molecule has 0 spiro atoms. The van der Waals surface area contributed by atoms with E-state index in [2.05, 4.69) is 18.8 Å². The van der Waals surface area contributed by atoms with E-state index in [1.807, 2.05) is 6.07 Å². The van der Waals surface area contributed by atoms with Gasteiger partial charge in [0.25, 0.3) is 0 Å². The van der Waals surface area contributed by atoms with Crippen molar-refractivity contribution in [3.8, 4) is 0 Å². The highest BCUT2D eigenvalue weighted by molar-refractivity contribution is 7.16. The second-order valence-corrected chi connectivity index (χ2v) is 8.10. The van der Waals surface area contributed by atoms with E-state index in [9.17, 15) is 4.79 Å². The molecule has 4 heteroatoms. The molecule has 0 amide bonds. The lowest BCUT2D eigenvalue weighted by Gasteiger charge is -2.00.